The number of ether oxygens (including phenoxy) is 1. The van der Waals surface area contributed by atoms with E-state index in [-0.39, 0.29) is 5.91 Å². The van der Waals surface area contributed by atoms with Gasteiger partial charge in [0.05, 0.1) is 19.8 Å². The molecular weight excluding hydrogens is 404 g/mol. The number of guanidine groups is 1. The molecule has 2 heterocycles. The molecule has 2 saturated heterocycles. The highest BCUT2D eigenvalue weighted by molar-refractivity contribution is 5.90. The van der Waals surface area contributed by atoms with Gasteiger partial charge >= 0.3 is 0 Å². The largest absolute Gasteiger partial charge is 0.379 e. The smallest absolute Gasteiger partial charge is 0.225 e. The molecule has 0 aromatic heterocycles. The number of hydrogen-bond donors (Lipinski definition) is 3. The Morgan fingerprint density at radius 3 is 2.81 bits per heavy atom. The highest BCUT2D eigenvalue weighted by Gasteiger charge is 2.22. The number of benzene rings is 1. The molecule has 0 saturated carbocycles. The number of nitrogens with zero attached hydrogens (tertiary/aromatic N) is 3. The Balaban J connectivity index is 1.48. The molecular formula is C24H40N6O2. The van der Waals surface area contributed by atoms with E-state index in [1.165, 1.54) is 19.4 Å². The van der Waals surface area contributed by atoms with Crippen molar-refractivity contribution in [1.29, 1.82) is 0 Å². The van der Waals surface area contributed by atoms with Gasteiger partial charge in [0.2, 0.25) is 5.91 Å². The Bertz CT molecular complexity index is 735. The van der Waals surface area contributed by atoms with Gasteiger partial charge in [-0.2, -0.15) is 0 Å². The molecule has 8 heteroatoms. The van der Waals surface area contributed by atoms with E-state index in [1.807, 2.05) is 24.3 Å². The molecule has 8 nitrogen and oxygen atoms in total. The van der Waals surface area contributed by atoms with E-state index in [1.54, 1.807) is 0 Å². The van der Waals surface area contributed by atoms with E-state index in [4.69, 9.17) is 9.73 Å². The third kappa shape index (κ3) is 8.07. The number of morpholine rings is 1. The summed E-state index contributed by atoms with van der Waals surface area (Å²) in [5, 5.41) is 9.87. The summed E-state index contributed by atoms with van der Waals surface area (Å²) < 4.78 is 5.36. The number of nitrogens with one attached hydrogen (secondary N) is 3. The zero-order chi connectivity index (χ0) is 22.6. The predicted molar refractivity (Wildman–Crippen MR) is 130 cm³/mol. The molecule has 32 heavy (non-hydrogen) atoms. The number of rotatable bonds is 10. The van der Waals surface area contributed by atoms with Crippen molar-refractivity contribution in [2.24, 2.45) is 4.99 Å². The zero-order valence-electron chi connectivity index (χ0n) is 19.7. The predicted octanol–water partition coefficient (Wildman–Crippen LogP) is 1.89. The minimum atomic E-state index is 0.0455. The van der Waals surface area contributed by atoms with E-state index in [9.17, 15) is 4.79 Å². The zero-order valence-corrected chi connectivity index (χ0v) is 19.7. The van der Waals surface area contributed by atoms with E-state index in [0.717, 1.165) is 69.7 Å². The quantitative estimate of drug-likeness (QED) is 0.378. The Labute approximate surface area is 192 Å². The van der Waals surface area contributed by atoms with Crippen LogP contribution in [0.2, 0.25) is 0 Å². The summed E-state index contributed by atoms with van der Waals surface area (Å²) in [7, 11) is 0. The summed E-state index contributed by atoms with van der Waals surface area (Å²) in [6.45, 7) is 13.0. The van der Waals surface area contributed by atoms with E-state index < -0.39 is 0 Å². The van der Waals surface area contributed by atoms with Gasteiger partial charge in [-0.05, 0) is 50.6 Å². The number of aliphatic imine (C=N–C) groups is 1. The third-order valence-corrected chi connectivity index (χ3v) is 6.14. The molecule has 1 amide bonds. The van der Waals surface area contributed by atoms with Gasteiger partial charge < -0.3 is 20.7 Å². The Kier molecular flexibility index (Phi) is 10.3. The Morgan fingerprint density at radius 2 is 2.03 bits per heavy atom. The van der Waals surface area contributed by atoms with Crippen LogP contribution in [0.5, 0.6) is 0 Å². The van der Waals surface area contributed by atoms with Gasteiger partial charge in [-0.25, -0.2) is 4.99 Å². The highest BCUT2D eigenvalue weighted by Crippen LogP contribution is 2.16. The van der Waals surface area contributed by atoms with Gasteiger partial charge in [0, 0.05) is 50.9 Å². The maximum Gasteiger partial charge on any atom is 0.225 e. The first kappa shape index (κ1) is 24.5. The van der Waals surface area contributed by atoms with Crippen molar-refractivity contribution in [1.82, 2.24) is 20.4 Å². The molecule has 2 aliphatic rings. The van der Waals surface area contributed by atoms with Gasteiger partial charge in [0.15, 0.2) is 5.96 Å². The SMILES string of the molecule is CCNC(=NCc1cccc(NC(=O)CCN2CCOCC2)c1)NCC1CCCN1CC. The molecule has 0 radical (unpaired) electrons. The third-order valence-electron chi connectivity index (χ3n) is 6.14. The van der Waals surface area contributed by atoms with Gasteiger partial charge in [-0.15, -0.1) is 0 Å². The van der Waals surface area contributed by atoms with Crippen molar-refractivity contribution in [2.45, 2.75) is 45.7 Å². The molecule has 0 spiro atoms. The van der Waals surface area contributed by atoms with Crippen LogP contribution in [-0.2, 0) is 16.1 Å². The second-order valence-corrected chi connectivity index (χ2v) is 8.45. The average molecular weight is 445 g/mol. The minimum absolute atomic E-state index is 0.0455. The topological polar surface area (TPSA) is 81.2 Å². The molecule has 1 atom stereocenters. The molecule has 178 valence electrons. The number of carbonyl (C=O) groups excluding carboxylic acids is 1. The van der Waals surface area contributed by atoms with Crippen LogP contribution in [0, 0.1) is 0 Å². The highest BCUT2D eigenvalue weighted by atomic mass is 16.5. The first-order chi connectivity index (χ1) is 15.7. The van der Waals surface area contributed by atoms with Crippen molar-refractivity contribution < 1.29 is 9.53 Å². The summed E-state index contributed by atoms with van der Waals surface area (Å²) in [5.41, 5.74) is 1.90. The van der Waals surface area contributed by atoms with Crippen molar-refractivity contribution in [3.05, 3.63) is 29.8 Å². The van der Waals surface area contributed by atoms with Crippen molar-refractivity contribution in [3.8, 4) is 0 Å². The molecule has 3 rings (SSSR count). The number of likely N-dealkylation sites (tertiary alicyclic amines) is 1. The lowest BCUT2D eigenvalue weighted by Crippen LogP contribution is -2.44. The van der Waals surface area contributed by atoms with Crippen molar-refractivity contribution in [2.75, 3.05) is 64.3 Å². The second kappa shape index (κ2) is 13.4. The van der Waals surface area contributed by atoms with Gasteiger partial charge in [-0.1, -0.05) is 19.1 Å². The lowest BCUT2D eigenvalue weighted by molar-refractivity contribution is -0.116. The maximum absolute atomic E-state index is 12.4. The van der Waals surface area contributed by atoms with E-state index >= 15 is 0 Å². The van der Waals surface area contributed by atoms with Gasteiger partial charge in [-0.3, -0.25) is 14.6 Å². The van der Waals surface area contributed by atoms with Crippen molar-refractivity contribution >= 4 is 17.6 Å². The van der Waals surface area contributed by atoms with Crippen LogP contribution < -0.4 is 16.0 Å². The molecule has 1 unspecified atom stereocenters. The summed E-state index contributed by atoms with van der Waals surface area (Å²) in [5.74, 6) is 0.889. The molecule has 1 aromatic rings. The summed E-state index contributed by atoms with van der Waals surface area (Å²) in [6.07, 6.45) is 3.01. The molecule has 2 aliphatic heterocycles. The van der Waals surface area contributed by atoms with E-state index in [0.29, 0.717) is 19.0 Å². The first-order valence-electron chi connectivity index (χ1n) is 12.1. The fourth-order valence-electron chi connectivity index (χ4n) is 4.32. The average Bonchev–Trinajstić information content (AvgIpc) is 3.28. The van der Waals surface area contributed by atoms with Crippen LogP contribution in [-0.4, -0.2) is 86.7 Å². The standard InChI is InChI=1S/C24H40N6O2/c1-3-25-24(27-19-22-9-6-11-30(22)4-2)26-18-20-7-5-8-21(17-20)28-23(31)10-12-29-13-15-32-16-14-29/h5,7-8,17,22H,3-4,6,9-16,18-19H2,1-2H3,(H,28,31)(H2,25,26,27). The summed E-state index contributed by atoms with van der Waals surface area (Å²) >= 11 is 0. The minimum Gasteiger partial charge on any atom is -0.379 e. The maximum atomic E-state index is 12.4. The van der Waals surface area contributed by atoms with Crippen molar-refractivity contribution in [3.63, 3.8) is 0 Å². The normalized spacial score (nSPS) is 20.3. The molecule has 1 aromatic carbocycles. The van der Waals surface area contributed by atoms with Crippen LogP contribution in [0.1, 0.15) is 38.7 Å². The monoisotopic (exact) mass is 444 g/mol. The summed E-state index contributed by atoms with van der Waals surface area (Å²) in [6, 6.07) is 8.55. The van der Waals surface area contributed by atoms with Crippen LogP contribution in [0.4, 0.5) is 5.69 Å². The second-order valence-electron chi connectivity index (χ2n) is 8.45. The number of hydrogen-bond acceptors (Lipinski definition) is 5. The fourth-order valence-corrected chi connectivity index (χ4v) is 4.32. The molecule has 0 aliphatic carbocycles. The van der Waals surface area contributed by atoms with Gasteiger partial charge in [0.25, 0.3) is 0 Å². The number of likely N-dealkylation sites (N-methyl/N-ethyl adjacent to an activating group) is 1. The number of amides is 1. The Morgan fingerprint density at radius 1 is 1.19 bits per heavy atom. The van der Waals surface area contributed by atoms with Crippen LogP contribution in [0.25, 0.3) is 0 Å². The number of carbonyl (C=O) groups is 1. The van der Waals surface area contributed by atoms with Crippen LogP contribution in [0.3, 0.4) is 0 Å². The Hall–Kier alpha value is -2.16. The fraction of sp³-hybridized carbons (Fsp3) is 0.667. The lowest BCUT2D eigenvalue weighted by atomic mass is 10.2. The summed E-state index contributed by atoms with van der Waals surface area (Å²) in [4.78, 5) is 21.9. The number of anilines is 1. The first-order valence-corrected chi connectivity index (χ1v) is 12.1. The molecule has 2 fully saturated rings. The molecule has 0 bridgehead atoms. The molecule has 3 N–H and O–H groups in total. The van der Waals surface area contributed by atoms with Crippen LogP contribution in [0.15, 0.2) is 29.3 Å². The van der Waals surface area contributed by atoms with E-state index in [2.05, 4.69) is 39.6 Å². The van der Waals surface area contributed by atoms with Crippen LogP contribution >= 0.6 is 0 Å². The lowest BCUT2D eigenvalue weighted by Gasteiger charge is -2.26. The van der Waals surface area contributed by atoms with Gasteiger partial charge in [0.1, 0.15) is 0 Å².